The quantitative estimate of drug-likeness (QED) is 0.612. The maximum atomic E-state index is 13.8. The Morgan fingerprint density at radius 2 is 1.94 bits per heavy atom. The highest BCUT2D eigenvalue weighted by Crippen LogP contribution is 2.30. The first-order chi connectivity index (χ1) is 15.5. The molecule has 0 bridgehead atoms. The molecule has 1 saturated heterocycles. The molecular weight excluding hydrogens is 408 g/mol. The molecule has 4 rings (SSSR count). The molecule has 1 aromatic carbocycles. The van der Waals surface area contributed by atoms with Crippen LogP contribution in [0.3, 0.4) is 0 Å². The molecule has 0 spiro atoms. The molecule has 174 valence electrons. The summed E-state index contributed by atoms with van der Waals surface area (Å²) in [6.45, 7) is 7.49. The van der Waals surface area contributed by atoms with E-state index < -0.39 is 11.6 Å². The molecular formula is C26H35F2N3O. The van der Waals surface area contributed by atoms with Gasteiger partial charge >= 0.3 is 0 Å². The number of carbonyl (C=O) groups excluding carboxylic acids is 1. The number of carbonyl (C=O) groups is 1. The first-order valence-corrected chi connectivity index (χ1v) is 12.1. The smallest absolute Gasteiger partial charge is 0.268 e. The van der Waals surface area contributed by atoms with Gasteiger partial charge in [0.05, 0.1) is 0 Å². The first-order valence-electron chi connectivity index (χ1n) is 12.1. The summed E-state index contributed by atoms with van der Waals surface area (Å²) in [6, 6.07) is 4.63. The molecule has 2 aromatic rings. The van der Waals surface area contributed by atoms with Crippen LogP contribution in [0.15, 0.2) is 18.2 Å². The number of hydrogen-bond acceptors (Lipinski definition) is 2. The summed E-state index contributed by atoms with van der Waals surface area (Å²) in [5, 5.41) is 3.13. The maximum Gasteiger partial charge on any atom is 0.268 e. The standard InChI is InChI=1S/C26H35F2N3O/c1-18-8-5-6-14-30(18)15-7-13-29-26(32)25-19(2)21-9-3-4-10-24(21)31(25)17-20-11-12-22(27)23(28)16-20/h11-12,16,18H,3-10,13-15,17H2,1-2H3,(H,29,32). The van der Waals surface area contributed by atoms with Crippen molar-refractivity contribution in [1.82, 2.24) is 14.8 Å². The Kier molecular flexibility index (Phi) is 7.29. The topological polar surface area (TPSA) is 37.3 Å². The Labute approximate surface area is 190 Å². The van der Waals surface area contributed by atoms with Crippen LogP contribution in [0, 0.1) is 18.6 Å². The highest BCUT2D eigenvalue weighted by molar-refractivity contribution is 5.95. The number of nitrogens with zero attached hydrogens (tertiary/aromatic N) is 2. The van der Waals surface area contributed by atoms with E-state index in [-0.39, 0.29) is 5.91 Å². The minimum atomic E-state index is -0.849. The van der Waals surface area contributed by atoms with Crippen molar-refractivity contribution in [1.29, 1.82) is 0 Å². The zero-order valence-electron chi connectivity index (χ0n) is 19.4. The van der Waals surface area contributed by atoms with Gasteiger partial charge in [-0.3, -0.25) is 4.79 Å². The van der Waals surface area contributed by atoms with Crippen LogP contribution in [0.4, 0.5) is 8.78 Å². The molecule has 1 aliphatic carbocycles. The number of halogens is 2. The van der Waals surface area contributed by atoms with Crippen LogP contribution in [0.2, 0.25) is 0 Å². The predicted octanol–water partition coefficient (Wildman–Crippen LogP) is 5.00. The highest BCUT2D eigenvalue weighted by Gasteiger charge is 2.26. The molecule has 32 heavy (non-hydrogen) atoms. The van der Waals surface area contributed by atoms with Gasteiger partial charge in [0.15, 0.2) is 11.6 Å². The van der Waals surface area contributed by atoms with Gasteiger partial charge in [-0.05, 0) is 94.2 Å². The van der Waals surface area contributed by atoms with Crippen molar-refractivity contribution >= 4 is 5.91 Å². The zero-order valence-corrected chi connectivity index (χ0v) is 19.4. The summed E-state index contributed by atoms with van der Waals surface area (Å²) in [7, 11) is 0. The van der Waals surface area contributed by atoms with E-state index in [1.165, 1.54) is 36.6 Å². The molecule has 1 amide bonds. The molecule has 0 saturated carbocycles. The van der Waals surface area contributed by atoms with Crippen molar-refractivity contribution in [2.24, 2.45) is 0 Å². The average Bonchev–Trinajstić information content (AvgIpc) is 3.06. The minimum Gasteiger partial charge on any atom is -0.351 e. The lowest BCUT2D eigenvalue weighted by atomic mass is 9.95. The van der Waals surface area contributed by atoms with Crippen LogP contribution in [-0.4, -0.2) is 41.1 Å². The SMILES string of the molecule is Cc1c2c(n(Cc3ccc(F)c(F)c3)c1C(=O)NCCCN1CCCCC1C)CCCC2. The summed E-state index contributed by atoms with van der Waals surface area (Å²) in [5.41, 5.74) is 4.80. The van der Waals surface area contributed by atoms with E-state index in [0.717, 1.165) is 56.8 Å². The maximum absolute atomic E-state index is 13.8. The van der Waals surface area contributed by atoms with Gasteiger partial charge in [0, 0.05) is 31.4 Å². The molecule has 1 unspecified atom stereocenters. The Balaban J connectivity index is 1.48. The molecule has 1 aromatic heterocycles. The molecule has 1 aliphatic heterocycles. The second kappa shape index (κ2) is 10.2. The average molecular weight is 444 g/mol. The minimum absolute atomic E-state index is 0.0637. The molecule has 2 aliphatic rings. The molecule has 1 atom stereocenters. The van der Waals surface area contributed by atoms with Crippen molar-refractivity contribution in [3.8, 4) is 0 Å². The van der Waals surface area contributed by atoms with E-state index in [9.17, 15) is 13.6 Å². The van der Waals surface area contributed by atoms with Crippen molar-refractivity contribution in [2.45, 2.75) is 77.8 Å². The third-order valence-electron chi connectivity index (χ3n) is 7.23. The zero-order chi connectivity index (χ0) is 22.7. The van der Waals surface area contributed by atoms with E-state index in [4.69, 9.17) is 0 Å². The fourth-order valence-corrected chi connectivity index (χ4v) is 5.42. The van der Waals surface area contributed by atoms with Crippen LogP contribution in [0.1, 0.15) is 78.3 Å². The molecule has 6 heteroatoms. The van der Waals surface area contributed by atoms with Crippen LogP contribution in [0.5, 0.6) is 0 Å². The number of hydrogen-bond donors (Lipinski definition) is 1. The van der Waals surface area contributed by atoms with Crippen molar-refractivity contribution in [3.05, 3.63) is 57.9 Å². The molecule has 1 N–H and O–H groups in total. The van der Waals surface area contributed by atoms with Crippen LogP contribution in [0.25, 0.3) is 0 Å². The number of rotatable bonds is 7. The summed E-state index contributed by atoms with van der Waals surface area (Å²) >= 11 is 0. The van der Waals surface area contributed by atoms with Gasteiger partial charge in [0.2, 0.25) is 0 Å². The second-order valence-corrected chi connectivity index (χ2v) is 9.43. The lowest BCUT2D eigenvalue weighted by Crippen LogP contribution is -2.39. The Morgan fingerprint density at radius 3 is 2.72 bits per heavy atom. The summed E-state index contributed by atoms with van der Waals surface area (Å²) in [5.74, 6) is -1.76. The number of benzene rings is 1. The third-order valence-corrected chi connectivity index (χ3v) is 7.23. The van der Waals surface area contributed by atoms with E-state index in [1.54, 1.807) is 6.07 Å². The Morgan fingerprint density at radius 1 is 1.12 bits per heavy atom. The van der Waals surface area contributed by atoms with Gasteiger partial charge in [0.1, 0.15) is 5.69 Å². The Bertz CT molecular complexity index is 968. The highest BCUT2D eigenvalue weighted by atomic mass is 19.2. The van der Waals surface area contributed by atoms with Gasteiger partial charge in [-0.25, -0.2) is 8.78 Å². The first kappa shape index (κ1) is 23.0. The number of fused-ring (bicyclic) bond motifs is 1. The van der Waals surface area contributed by atoms with Crippen molar-refractivity contribution < 1.29 is 13.6 Å². The second-order valence-electron chi connectivity index (χ2n) is 9.43. The Hall–Kier alpha value is -2.21. The van der Waals surface area contributed by atoms with Crippen LogP contribution in [-0.2, 0) is 19.4 Å². The lowest BCUT2D eigenvalue weighted by molar-refractivity contribution is 0.0939. The largest absolute Gasteiger partial charge is 0.351 e. The van der Waals surface area contributed by atoms with E-state index in [1.807, 2.05) is 11.5 Å². The molecule has 4 nitrogen and oxygen atoms in total. The van der Waals surface area contributed by atoms with Gasteiger partial charge < -0.3 is 14.8 Å². The van der Waals surface area contributed by atoms with E-state index in [0.29, 0.717) is 30.4 Å². The number of aromatic nitrogens is 1. The summed E-state index contributed by atoms with van der Waals surface area (Å²) in [6.07, 6.45) is 8.86. The molecule has 1 fully saturated rings. The van der Waals surface area contributed by atoms with Gasteiger partial charge in [-0.1, -0.05) is 12.5 Å². The predicted molar refractivity (Wildman–Crippen MR) is 123 cm³/mol. The van der Waals surface area contributed by atoms with Gasteiger partial charge in [-0.15, -0.1) is 0 Å². The summed E-state index contributed by atoms with van der Waals surface area (Å²) < 4.78 is 29.2. The van der Waals surface area contributed by atoms with Crippen LogP contribution < -0.4 is 5.32 Å². The van der Waals surface area contributed by atoms with E-state index in [2.05, 4.69) is 17.1 Å². The number of piperidine rings is 1. The van der Waals surface area contributed by atoms with Gasteiger partial charge in [0.25, 0.3) is 5.91 Å². The molecule has 0 radical (unpaired) electrons. The normalized spacial score (nSPS) is 19.1. The number of likely N-dealkylation sites (tertiary alicyclic amines) is 1. The van der Waals surface area contributed by atoms with Crippen molar-refractivity contribution in [2.75, 3.05) is 19.6 Å². The fraction of sp³-hybridized carbons (Fsp3) is 0.577. The number of amides is 1. The number of nitrogens with one attached hydrogen (secondary N) is 1. The summed E-state index contributed by atoms with van der Waals surface area (Å²) in [4.78, 5) is 15.8. The van der Waals surface area contributed by atoms with E-state index >= 15 is 0 Å². The molecule has 2 heterocycles. The fourth-order valence-electron chi connectivity index (χ4n) is 5.42. The van der Waals surface area contributed by atoms with Gasteiger partial charge in [-0.2, -0.15) is 0 Å². The van der Waals surface area contributed by atoms with Crippen LogP contribution >= 0.6 is 0 Å². The lowest BCUT2D eigenvalue weighted by Gasteiger charge is -2.33. The monoisotopic (exact) mass is 443 g/mol. The third kappa shape index (κ3) is 4.90. The van der Waals surface area contributed by atoms with Crippen molar-refractivity contribution in [3.63, 3.8) is 0 Å².